The summed E-state index contributed by atoms with van der Waals surface area (Å²) in [5.74, 6) is 0.640. The number of nitrogen functional groups attached to an aromatic ring is 2. The van der Waals surface area contributed by atoms with Crippen LogP contribution in [0.25, 0.3) is 34.0 Å². The Morgan fingerprint density at radius 2 is 1.15 bits per heavy atom. The minimum atomic E-state index is 0.320. The van der Waals surface area contributed by atoms with Crippen molar-refractivity contribution in [1.82, 2.24) is 9.97 Å². The molecule has 0 aliphatic rings. The van der Waals surface area contributed by atoms with Crippen LogP contribution < -0.4 is 11.5 Å². The second kappa shape index (κ2) is 3.74. The molecule has 0 saturated carbocycles. The van der Waals surface area contributed by atoms with Crippen LogP contribution in [0.5, 0.6) is 0 Å². The zero-order valence-electron chi connectivity index (χ0n) is 10.3. The molecule has 6 heteroatoms. The number of rotatable bonds is 1. The summed E-state index contributed by atoms with van der Waals surface area (Å²) < 4.78 is 11.2. The van der Waals surface area contributed by atoms with Crippen molar-refractivity contribution in [2.24, 2.45) is 0 Å². The SMILES string of the molecule is Nc1ccc2oc(-c3nc4cc(N)ccc4o3)nc2c1. The molecule has 6 nitrogen and oxygen atoms in total. The number of nitrogens with two attached hydrogens (primary N) is 2. The molecule has 2 heterocycles. The van der Waals surface area contributed by atoms with E-state index in [0.717, 1.165) is 0 Å². The summed E-state index contributed by atoms with van der Waals surface area (Å²) in [4.78, 5) is 8.65. The van der Waals surface area contributed by atoms with Gasteiger partial charge in [-0.3, -0.25) is 0 Å². The summed E-state index contributed by atoms with van der Waals surface area (Å²) in [6, 6.07) is 10.5. The van der Waals surface area contributed by atoms with Gasteiger partial charge < -0.3 is 20.3 Å². The van der Waals surface area contributed by atoms with Crippen molar-refractivity contribution in [3.63, 3.8) is 0 Å². The Morgan fingerprint density at radius 3 is 1.60 bits per heavy atom. The Bertz CT molecular complexity index is 861. The first-order valence-corrected chi connectivity index (χ1v) is 6.01. The lowest BCUT2D eigenvalue weighted by Gasteiger charge is -1.88. The van der Waals surface area contributed by atoms with Crippen LogP contribution in [0.1, 0.15) is 0 Å². The molecule has 0 saturated heterocycles. The zero-order valence-corrected chi connectivity index (χ0v) is 10.3. The molecule has 4 aromatic rings. The normalized spacial score (nSPS) is 11.4. The summed E-state index contributed by atoms with van der Waals surface area (Å²) in [7, 11) is 0. The predicted octanol–water partition coefficient (Wildman–Crippen LogP) is 2.80. The van der Waals surface area contributed by atoms with Crippen molar-refractivity contribution in [2.45, 2.75) is 0 Å². The largest absolute Gasteiger partial charge is 0.432 e. The van der Waals surface area contributed by atoms with Gasteiger partial charge in [-0.05, 0) is 36.4 Å². The van der Waals surface area contributed by atoms with Crippen molar-refractivity contribution in [3.05, 3.63) is 36.4 Å². The van der Waals surface area contributed by atoms with E-state index in [1.165, 1.54) is 0 Å². The molecule has 0 amide bonds. The number of aromatic nitrogens is 2. The van der Waals surface area contributed by atoms with E-state index >= 15 is 0 Å². The van der Waals surface area contributed by atoms with E-state index < -0.39 is 0 Å². The number of hydrogen-bond donors (Lipinski definition) is 2. The fourth-order valence-electron chi connectivity index (χ4n) is 2.07. The number of fused-ring (bicyclic) bond motifs is 2. The molecular weight excluding hydrogens is 256 g/mol. The third-order valence-electron chi connectivity index (χ3n) is 3.01. The van der Waals surface area contributed by atoms with E-state index in [2.05, 4.69) is 9.97 Å². The van der Waals surface area contributed by atoms with E-state index in [4.69, 9.17) is 20.3 Å². The topological polar surface area (TPSA) is 104 Å². The average molecular weight is 266 g/mol. The predicted molar refractivity (Wildman–Crippen MR) is 75.8 cm³/mol. The van der Waals surface area contributed by atoms with Gasteiger partial charge in [0.15, 0.2) is 11.2 Å². The minimum Gasteiger partial charge on any atom is -0.432 e. The summed E-state index contributed by atoms with van der Waals surface area (Å²) in [6.07, 6.45) is 0. The molecule has 0 radical (unpaired) electrons. The Hall–Kier alpha value is -3.02. The van der Waals surface area contributed by atoms with Crippen LogP contribution in [0.4, 0.5) is 11.4 Å². The van der Waals surface area contributed by atoms with Crippen molar-refractivity contribution in [1.29, 1.82) is 0 Å². The van der Waals surface area contributed by atoms with Gasteiger partial charge in [0.2, 0.25) is 0 Å². The highest BCUT2D eigenvalue weighted by Gasteiger charge is 2.15. The Morgan fingerprint density at radius 1 is 0.700 bits per heavy atom. The maximum Gasteiger partial charge on any atom is 0.284 e. The number of oxazole rings is 2. The first-order chi connectivity index (χ1) is 9.69. The summed E-state index contributed by atoms with van der Waals surface area (Å²) in [5, 5.41) is 0. The molecule has 0 aliphatic heterocycles. The van der Waals surface area contributed by atoms with E-state index in [-0.39, 0.29) is 0 Å². The second-order valence-corrected chi connectivity index (χ2v) is 4.49. The minimum absolute atomic E-state index is 0.320. The molecule has 2 aromatic heterocycles. The second-order valence-electron chi connectivity index (χ2n) is 4.49. The Labute approximate surface area is 113 Å². The van der Waals surface area contributed by atoms with Crippen LogP contribution in [0, 0.1) is 0 Å². The third kappa shape index (κ3) is 1.58. The maximum absolute atomic E-state index is 5.72. The lowest BCUT2D eigenvalue weighted by molar-refractivity contribution is 0.550. The van der Waals surface area contributed by atoms with Crippen LogP contribution in [0.15, 0.2) is 45.2 Å². The third-order valence-corrected chi connectivity index (χ3v) is 3.01. The Kier molecular flexibility index (Phi) is 2.03. The van der Waals surface area contributed by atoms with Crippen LogP contribution in [-0.2, 0) is 0 Å². The lowest BCUT2D eigenvalue weighted by atomic mass is 10.3. The molecule has 0 spiro atoms. The summed E-state index contributed by atoms with van der Waals surface area (Å²) >= 11 is 0. The number of anilines is 2. The maximum atomic E-state index is 5.72. The average Bonchev–Trinajstić information content (AvgIpc) is 3.00. The van der Waals surface area contributed by atoms with E-state index in [9.17, 15) is 0 Å². The summed E-state index contributed by atoms with van der Waals surface area (Å²) in [5.41, 5.74) is 15.3. The Balaban J connectivity index is 1.91. The van der Waals surface area contributed by atoms with Crippen LogP contribution in [-0.4, -0.2) is 9.97 Å². The van der Waals surface area contributed by atoms with Crippen molar-refractivity contribution < 1.29 is 8.83 Å². The quantitative estimate of drug-likeness (QED) is 0.513. The van der Waals surface area contributed by atoms with Gasteiger partial charge in [-0.2, -0.15) is 0 Å². The summed E-state index contributed by atoms with van der Waals surface area (Å²) in [6.45, 7) is 0. The molecule has 98 valence electrons. The van der Waals surface area contributed by atoms with Crippen LogP contribution >= 0.6 is 0 Å². The molecule has 4 rings (SSSR count). The lowest BCUT2D eigenvalue weighted by Crippen LogP contribution is -1.82. The molecule has 4 N–H and O–H groups in total. The highest BCUT2D eigenvalue weighted by Crippen LogP contribution is 2.28. The smallest absolute Gasteiger partial charge is 0.284 e. The highest BCUT2D eigenvalue weighted by molar-refractivity contribution is 5.81. The van der Waals surface area contributed by atoms with Gasteiger partial charge in [-0.25, -0.2) is 9.97 Å². The van der Waals surface area contributed by atoms with E-state index in [0.29, 0.717) is 45.4 Å². The van der Waals surface area contributed by atoms with Gasteiger partial charge in [0.25, 0.3) is 11.8 Å². The molecule has 2 aromatic carbocycles. The first kappa shape index (κ1) is 10.9. The van der Waals surface area contributed by atoms with Gasteiger partial charge in [-0.15, -0.1) is 0 Å². The van der Waals surface area contributed by atoms with Gasteiger partial charge in [-0.1, -0.05) is 0 Å². The van der Waals surface area contributed by atoms with Gasteiger partial charge >= 0.3 is 0 Å². The van der Waals surface area contributed by atoms with E-state index in [1.807, 2.05) is 0 Å². The standard InChI is InChI=1S/C14H10N4O2/c15-7-1-3-11-9(5-7)17-13(19-11)14-18-10-6-8(16)2-4-12(10)20-14/h1-6H,15-16H2. The fraction of sp³-hybridized carbons (Fsp3) is 0. The van der Waals surface area contributed by atoms with Gasteiger partial charge in [0.1, 0.15) is 11.0 Å². The van der Waals surface area contributed by atoms with Crippen molar-refractivity contribution >= 4 is 33.6 Å². The molecule has 0 aliphatic carbocycles. The highest BCUT2D eigenvalue weighted by atomic mass is 16.4. The number of nitrogens with zero attached hydrogens (tertiary/aromatic N) is 2. The molecule has 0 fully saturated rings. The van der Waals surface area contributed by atoms with Crippen LogP contribution in [0.2, 0.25) is 0 Å². The molecule has 0 atom stereocenters. The van der Waals surface area contributed by atoms with Gasteiger partial charge in [0.05, 0.1) is 0 Å². The zero-order chi connectivity index (χ0) is 13.7. The first-order valence-electron chi connectivity index (χ1n) is 6.01. The van der Waals surface area contributed by atoms with Crippen molar-refractivity contribution in [2.75, 3.05) is 11.5 Å². The van der Waals surface area contributed by atoms with E-state index in [1.54, 1.807) is 36.4 Å². The van der Waals surface area contributed by atoms with Crippen LogP contribution in [0.3, 0.4) is 0 Å². The molecule has 0 unspecified atom stereocenters. The fourth-order valence-corrected chi connectivity index (χ4v) is 2.07. The van der Waals surface area contributed by atoms with Gasteiger partial charge in [0, 0.05) is 11.4 Å². The number of benzene rings is 2. The van der Waals surface area contributed by atoms with Crippen molar-refractivity contribution in [3.8, 4) is 11.8 Å². The monoisotopic (exact) mass is 266 g/mol. The molecular formula is C14H10N4O2. The molecule has 0 bridgehead atoms. The molecule has 20 heavy (non-hydrogen) atoms. The number of hydrogen-bond acceptors (Lipinski definition) is 6.